The monoisotopic (exact) mass is 442 g/mol. The van der Waals surface area contributed by atoms with Gasteiger partial charge >= 0.3 is 0 Å². The van der Waals surface area contributed by atoms with Gasteiger partial charge in [0.05, 0.1) is 16.8 Å². The van der Waals surface area contributed by atoms with E-state index in [2.05, 4.69) is 21.7 Å². The second-order valence-corrected chi connectivity index (χ2v) is 10.2. The van der Waals surface area contributed by atoms with Gasteiger partial charge in [0.1, 0.15) is 5.82 Å². The van der Waals surface area contributed by atoms with Crippen LogP contribution in [0.3, 0.4) is 0 Å². The van der Waals surface area contributed by atoms with Gasteiger partial charge in [0.2, 0.25) is 5.91 Å². The standard InChI is InChI=1S/C23H30N4O3S/c1-17(28)27-14-6-7-18-15-21(11-12-22(18)27)31(29,30)25-19-10-13-23(24-16-19)26(2)20-8-4-3-5-9-20/h10-13,15-16,20,25H,3-9,14H2,1-2H3. The highest BCUT2D eigenvalue weighted by atomic mass is 32.2. The Morgan fingerprint density at radius 3 is 2.58 bits per heavy atom. The van der Waals surface area contributed by atoms with Gasteiger partial charge in [-0.2, -0.15) is 0 Å². The number of carbonyl (C=O) groups is 1. The SMILES string of the molecule is CC(=O)N1CCCc2cc(S(=O)(=O)Nc3ccc(N(C)C4CCCCC4)nc3)ccc21. The first-order valence-electron chi connectivity index (χ1n) is 11.0. The number of aryl methyl sites for hydroxylation is 1. The third-order valence-electron chi connectivity index (χ3n) is 6.34. The highest BCUT2D eigenvalue weighted by molar-refractivity contribution is 7.92. The number of rotatable bonds is 5. The first-order chi connectivity index (χ1) is 14.8. The van der Waals surface area contributed by atoms with Gasteiger partial charge in [0, 0.05) is 32.2 Å². The number of anilines is 3. The molecule has 4 rings (SSSR count). The van der Waals surface area contributed by atoms with Gasteiger partial charge in [-0.3, -0.25) is 9.52 Å². The predicted octanol–water partition coefficient (Wildman–Crippen LogP) is 3.95. The number of amides is 1. The van der Waals surface area contributed by atoms with E-state index in [1.165, 1.54) is 39.0 Å². The van der Waals surface area contributed by atoms with Crippen LogP contribution in [-0.4, -0.2) is 38.9 Å². The minimum absolute atomic E-state index is 0.0287. The van der Waals surface area contributed by atoms with Crippen molar-refractivity contribution in [2.45, 2.75) is 62.8 Å². The van der Waals surface area contributed by atoms with Crippen molar-refractivity contribution in [3.63, 3.8) is 0 Å². The van der Waals surface area contributed by atoms with Crippen molar-refractivity contribution >= 4 is 33.1 Å². The molecule has 1 fully saturated rings. The van der Waals surface area contributed by atoms with E-state index in [4.69, 9.17) is 0 Å². The van der Waals surface area contributed by atoms with Crippen molar-refractivity contribution < 1.29 is 13.2 Å². The molecule has 2 aliphatic rings. The molecule has 2 heterocycles. The highest BCUT2D eigenvalue weighted by Crippen LogP contribution is 2.30. The Hall–Kier alpha value is -2.61. The lowest BCUT2D eigenvalue weighted by molar-refractivity contribution is -0.116. The van der Waals surface area contributed by atoms with E-state index in [0.29, 0.717) is 18.3 Å². The lowest BCUT2D eigenvalue weighted by atomic mass is 9.94. The lowest BCUT2D eigenvalue weighted by Gasteiger charge is -2.32. The number of aromatic nitrogens is 1. The number of carbonyl (C=O) groups excluding carboxylic acids is 1. The van der Waals surface area contributed by atoms with Crippen LogP contribution in [0.4, 0.5) is 17.2 Å². The fourth-order valence-corrected chi connectivity index (χ4v) is 5.69. The van der Waals surface area contributed by atoms with E-state index in [-0.39, 0.29) is 10.8 Å². The van der Waals surface area contributed by atoms with Crippen molar-refractivity contribution in [2.75, 3.05) is 28.1 Å². The highest BCUT2D eigenvalue weighted by Gasteiger charge is 2.23. The molecule has 1 aromatic carbocycles. The maximum Gasteiger partial charge on any atom is 0.261 e. The molecule has 31 heavy (non-hydrogen) atoms. The van der Waals surface area contributed by atoms with Crippen LogP contribution in [0.25, 0.3) is 0 Å². The average Bonchev–Trinajstić information content (AvgIpc) is 2.78. The smallest absolute Gasteiger partial charge is 0.261 e. The molecule has 1 aliphatic heterocycles. The molecule has 0 radical (unpaired) electrons. The molecule has 0 atom stereocenters. The molecule has 1 N–H and O–H groups in total. The van der Waals surface area contributed by atoms with E-state index in [9.17, 15) is 13.2 Å². The van der Waals surface area contributed by atoms with Crippen LogP contribution >= 0.6 is 0 Å². The van der Waals surface area contributed by atoms with Crippen molar-refractivity contribution in [3.8, 4) is 0 Å². The van der Waals surface area contributed by atoms with Gasteiger partial charge in [-0.05, 0) is 61.6 Å². The summed E-state index contributed by atoms with van der Waals surface area (Å²) in [5, 5.41) is 0. The third-order valence-corrected chi connectivity index (χ3v) is 7.72. The number of sulfonamides is 1. The maximum absolute atomic E-state index is 12.9. The molecule has 1 aliphatic carbocycles. The van der Waals surface area contributed by atoms with Crippen molar-refractivity contribution in [3.05, 3.63) is 42.1 Å². The quantitative estimate of drug-likeness (QED) is 0.758. The van der Waals surface area contributed by atoms with E-state index >= 15 is 0 Å². The molecule has 0 spiro atoms. The van der Waals surface area contributed by atoms with Gasteiger partial charge in [0.15, 0.2) is 0 Å². The zero-order valence-corrected chi connectivity index (χ0v) is 19.0. The summed E-state index contributed by atoms with van der Waals surface area (Å²) < 4.78 is 28.5. The summed E-state index contributed by atoms with van der Waals surface area (Å²) in [5.74, 6) is 0.826. The van der Waals surface area contributed by atoms with E-state index < -0.39 is 10.0 Å². The Morgan fingerprint density at radius 2 is 1.90 bits per heavy atom. The van der Waals surface area contributed by atoms with E-state index in [0.717, 1.165) is 29.9 Å². The normalized spacial score (nSPS) is 17.2. The molecule has 2 aromatic rings. The summed E-state index contributed by atoms with van der Waals surface area (Å²) in [5.41, 5.74) is 2.12. The topological polar surface area (TPSA) is 82.6 Å². The van der Waals surface area contributed by atoms with Crippen LogP contribution in [0, 0.1) is 0 Å². The van der Waals surface area contributed by atoms with Crippen LogP contribution in [0.2, 0.25) is 0 Å². The summed E-state index contributed by atoms with van der Waals surface area (Å²) in [4.78, 5) is 20.4. The minimum Gasteiger partial charge on any atom is -0.357 e. The summed E-state index contributed by atoms with van der Waals surface area (Å²) in [7, 11) is -1.69. The van der Waals surface area contributed by atoms with Crippen molar-refractivity contribution in [2.24, 2.45) is 0 Å². The fourth-order valence-electron chi connectivity index (χ4n) is 4.59. The summed E-state index contributed by atoms with van der Waals surface area (Å²) in [6.45, 7) is 2.20. The van der Waals surface area contributed by atoms with Crippen LogP contribution in [0.1, 0.15) is 51.0 Å². The summed E-state index contributed by atoms with van der Waals surface area (Å²) in [6.07, 6.45) is 9.29. The van der Waals surface area contributed by atoms with Gasteiger partial charge < -0.3 is 9.80 Å². The third kappa shape index (κ3) is 4.69. The van der Waals surface area contributed by atoms with Crippen LogP contribution in [-0.2, 0) is 21.2 Å². The summed E-state index contributed by atoms with van der Waals surface area (Å²) in [6, 6.07) is 9.07. The molecule has 1 saturated carbocycles. The molecule has 7 nitrogen and oxygen atoms in total. The Morgan fingerprint density at radius 1 is 1.13 bits per heavy atom. The minimum atomic E-state index is -3.75. The largest absolute Gasteiger partial charge is 0.357 e. The Bertz CT molecular complexity index is 1050. The van der Waals surface area contributed by atoms with Gasteiger partial charge in [-0.25, -0.2) is 13.4 Å². The second-order valence-electron chi connectivity index (χ2n) is 8.48. The van der Waals surface area contributed by atoms with Gasteiger partial charge in [0.25, 0.3) is 10.0 Å². The molecular weight excluding hydrogens is 412 g/mol. The van der Waals surface area contributed by atoms with Crippen LogP contribution in [0.5, 0.6) is 0 Å². The van der Waals surface area contributed by atoms with Crippen LogP contribution in [0.15, 0.2) is 41.4 Å². The lowest BCUT2D eigenvalue weighted by Crippen LogP contribution is -2.33. The van der Waals surface area contributed by atoms with Gasteiger partial charge in [-0.1, -0.05) is 19.3 Å². The van der Waals surface area contributed by atoms with E-state index in [1.54, 1.807) is 35.4 Å². The number of fused-ring (bicyclic) bond motifs is 1. The number of benzene rings is 1. The number of hydrogen-bond acceptors (Lipinski definition) is 5. The molecule has 1 aromatic heterocycles. The first kappa shape index (κ1) is 21.6. The molecule has 1 amide bonds. The number of pyridine rings is 1. The Labute approximate surface area is 184 Å². The molecular formula is C23H30N4O3S. The summed E-state index contributed by atoms with van der Waals surface area (Å²) >= 11 is 0. The Balaban J connectivity index is 1.49. The fraction of sp³-hybridized carbons (Fsp3) is 0.478. The Kier molecular flexibility index (Phi) is 6.18. The average molecular weight is 443 g/mol. The van der Waals surface area contributed by atoms with Gasteiger partial charge in [-0.15, -0.1) is 0 Å². The molecule has 0 bridgehead atoms. The molecule has 0 unspecified atom stereocenters. The number of hydrogen-bond donors (Lipinski definition) is 1. The molecule has 166 valence electrons. The molecule has 0 saturated heterocycles. The predicted molar refractivity (Wildman–Crippen MR) is 123 cm³/mol. The molecule has 8 heteroatoms. The van der Waals surface area contributed by atoms with Crippen LogP contribution < -0.4 is 14.5 Å². The zero-order valence-electron chi connectivity index (χ0n) is 18.2. The number of nitrogens with one attached hydrogen (secondary N) is 1. The zero-order chi connectivity index (χ0) is 22.0. The van der Waals surface area contributed by atoms with E-state index in [1.807, 2.05) is 6.07 Å². The first-order valence-corrected chi connectivity index (χ1v) is 12.5. The van der Waals surface area contributed by atoms with Crippen molar-refractivity contribution in [1.82, 2.24) is 4.98 Å². The van der Waals surface area contributed by atoms with Crippen molar-refractivity contribution in [1.29, 1.82) is 0 Å². The maximum atomic E-state index is 12.9. The second kappa shape index (κ2) is 8.86. The number of nitrogens with zero attached hydrogens (tertiary/aromatic N) is 3.